The molecule has 0 bridgehead atoms. The molecule has 0 rings (SSSR count). The van der Waals surface area contributed by atoms with E-state index in [2.05, 4.69) is 24.8 Å². The maximum Gasteiger partial charge on any atom is 0.0911 e. The minimum absolute atomic E-state index is 0. The number of allylic oxidation sites excluding steroid dienone is 1. The van der Waals surface area contributed by atoms with Crippen LogP contribution in [-0.2, 0) is 0 Å². The summed E-state index contributed by atoms with van der Waals surface area (Å²) in [6, 6.07) is 0. The van der Waals surface area contributed by atoms with Crippen molar-refractivity contribution in [3.05, 3.63) is 11.8 Å². The van der Waals surface area contributed by atoms with Gasteiger partial charge in [-0.25, -0.2) is 0 Å². The Morgan fingerprint density at radius 2 is 2.12 bits per heavy atom. The van der Waals surface area contributed by atoms with Crippen LogP contribution >= 0.6 is 24.8 Å². The van der Waals surface area contributed by atoms with Crippen LogP contribution in [0.5, 0.6) is 0 Å². The number of rotatable bonds is 1. The molecule has 48 valence electrons. The van der Waals surface area contributed by atoms with E-state index < -0.39 is 0 Å². The molecular weight excluding hydrogens is 140 g/mol. The number of hydrogen-bond acceptors (Lipinski definition) is 2. The third-order valence-corrected chi connectivity index (χ3v) is 0.579. The fourth-order valence-corrected chi connectivity index (χ4v) is 0.536. The van der Waals surface area contributed by atoms with Crippen molar-refractivity contribution in [1.82, 2.24) is 0 Å². The van der Waals surface area contributed by atoms with Gasteiger partial charge in [0.2, 0.25) is 0 Å². The average molecular weight is 150 g/mol. The zero-order valence-electron chi connectivity index (χ0n) is 3.88. The molecule has 0 aromatic carbocycles. The van der Waals surface area contributed by atoms with E-state index >= 15 is 0 Å². The van der Waals surface area contributed by atoms with E-state index in [1.165, 1.54) is 6.08 Å². The predicted octanol–water partition coefficient (Wildman–Crippen LogP) is 2.34. The van der Waals surface area contributed by atoms with Crippen LogP contribution in [0.2, 0.25) is 0 Å². The van der Waals surface area contributed by atoms with Gasteiger partial charge in [-0.05, 0) is 13.0 Å². The Morgan fingerprint density at radius 3 is 2.12 bits per heavy atom. The first-order valence-electron chi connectivity index (χ1n) is 1.73. The molecule has 0 atom stereocenters. The van der Waals surface area contributed by atoms with Crippen LogP contribution in [0.25, 0.3) is 0 Å². The second-order valence-corrected chi connectivity index (χ2v) is 2.35. The summed E-state index contributed by atoms with van der Waals surface area (Å²) in [5, 5.41) is 8.45. The molecule has 0 aliphatic carbocycles. The van der Waals surface area contributed by atoms with Crippen LogP contribution in [0.4, 0.5) is 0 Å². The molecule has 0 saturated heterocycles. The fourth-order valence-electron chi connectivity index (χ4n) is 0.179. The van der Waals surface area contributed by atoms with Crippen molar-refractivity contribution in [2.75, 3.05) is 0 Å². The van der Waals surface area contributed by atoms with Crippen LogP contribution in [0.1, 0.15) is 14.4 Å². The smallest absolute Gasteiger partial charge is 0.0911 e. The average Bonchev–Trinajstić information content (AvgIpc) is 1.27. The third-order valence-electron chi connectivity index (χ3n) is 0.332. The summed E-state index contributed by atoms with van der Waals surface area (Å²) in [5.41, 5.74) is 0. The highest BCUT2D eigenvalue weighted by Crippen LogP contribution is 1.90. The van der Waals surface area contributed by atoms with Crippen molar-refractivity contribution in [3.8, 4) is 0 Å². The Labute approximate surface area is 60.8 Å². The molecular formula is C5H10OS2. The summed E-state index contributed by atoms with van der Waals surface area (Å²) in [4.78, 5) is 0. The normalized spacial score (nSPS) is 10.0. The summed E-state index contributed by atoms with van der Waals surface area (Å²) in [7, 11) is 0. The van der Waals surface area contributed by atoms with Gasteiger partial charge in [-0.2, -0.15) is 0 Å². The standard InChI is InChI=1S/C4H6OS2.CH4/c1-3(5)2-4(6)7;/h2,5H,1H3,(H,6,7);1H4. The quantitative estimate of drug-likeness (QED) is 0.259. The molecule has 1 N–H and O–H groups in total. The van der Waals surface area contributed by atoms with E-state index in [0.717, 1.165) is 0 Å². The molecule has 1 nitrogen and oxygen atoms in total. The number of thiocarbonyl (C=S) groups is 1. The summed E-state index contributed by atoms with van der Waals surface area (Å²) in [6.07, 6.45) is 1.40. The third kappa shape index (κ3) is 9.36. The number of hydrogen-bond donors (Lipinski definition) is 2. The SMILES string of the molecule is C.CC(O)=CC(=S)S. The van der Waals surface area contributed by atoms with Crippen molar-refractivity contribution in [2.24, 2.45) is 0 Å². The highest BCUT2D eigenvalue weighted by molar-refractivity contribution is 8.11. The monoisotopic (exact) mass is 150 g/mol. The van der Waals surface area contributed by atoms with E-state index in [1.54, 1.807) is 6.92 Å². The van der Waals surface area contributed by atoms with Crippen molar-refractivity contribution >= 4 is 29.0 Å². The molecule has 0 aliphatic rings. The summed E-state index contributed by atoms with van der Waals surface area (Å²) in [5.74, 6) is 0.194. The van der Waals surface area contributed by atoms with Gasteiger partial charge in [0, 0.05) is 0 Å². The minimum Gasteiger partial charge on any atom is -0.513 e. The first kappa shape index (κ1) is 10.9. The van der Waals surface area contributed by atoms with E-state index in [1.807, 2.05) is 0 Å². The van der Waals surface area contributed by atoms with Crippen molar-refractivity contribution in [1.29, 1.82) is 0 Å². The zero-order chi connectivity index (χ0) is 5.86. The van der Waals surface area contributed by atoms with E-state index in [9.17, 15) is 0 Å². The van der Waals surface area contributed by atoms with Gasteiger partial charge in [-0.15, -0.1) is 12.6 Å². The number of aliphatic hydroxyl groups is 1. The molecule has 0 amide bonds. The summed E-state index contributed by atoms with van der Waals surface area (Å²) < 4.78 is 0.403. The first-order valence-corrected chi connectivity index (χ1v) is 2.58. The lowest BCUT2D eigenvalue weighted by molar-refractivity contribution is 0.415. The molecule has 0 heterocycles. The van der Waals surface area contributed by atoms with E-state index in [0.29, 0.717) is 4.20 Å². The van der Waals surface area contributed by atoms with Crippen molar-refractivity contribution in [2.45, 2.75) is 14.4 Å². The van der Waals surface area contributed by atoms with Gasteiger partial charge in [-0.3, -0.25) is 0 Å². The lowest BCUT2D eigenvalue weighted by Crippen LogP contribution is -1.75. The highest BCUT2D eigenvalue weighted by Gasteiger charge is 1.79. The van der Waals surface area contributed by atoms with E-state index in [-0.39, 0.29) is 13.2 Å². The van der Waals surface area contributed by atoms with Gasteiger partial charge < -0.3 is 5.11 Å². The lowest BCUT2D eigenvalue weighted by Gasteiger charge is -1.82. The van der Waals surface area contributed by atoms with Gasteiger partial charge in [0.25, 0.3) is 0 Å². The molecule has 0 fully saturated rings. The molecule has 0 spiro atoms. The molecule has 0 aromatic rings. The molecule has 8 heavy (non-hydrogen) atoms. The number of aliphatic hydroxyl groups excluding tert-OH is 1. The van der Waals surface area contributed by atoms with Gasteiger partial charge in [0.1, 0.15) is 0 Å². The maximum absolute atomic E-state index is 8.45. The summed E-state index contributed by atoms with van der Waals surface area (Å²) >= 11 is 8.23. The Morgan fingerprint density at radius 1 is 1.75 bits per heavy atom. The fraction of sp³-hybridized carbons (Fsp3) is 0.400. The van der Waals surface area contributed by atoms with Crippen LogP contribution in [0.15, 0.2) is 11.8 Å². The molecule has 0 radical (unpaired) electrons. The van der Waals surface area contributed by atoms with Gasteiger partial charge in [0.15, 0.2) is 0 Å². The van der Waals surface area contributed by atoms with Crippen molar-refractivity contribution < 1.29 is 5.11 Å². The van der Waals surface area contributed by atoms with Crippen LogP contribution in [0.3, 0.4) is 0 Å². The highest BCUT2D eigenvalue weighted by atomic mass is 32.1. The van der Waals surface area contributed by atoms with Crippen LogP contribution in [0, 0.1) is 0 Å². The zero-order valence-corrected chi connectivity index (χ0v) is 5.59. The Balaban J connectivity index is 0. The maximum atomic E-state index is 8.45. The Hall–Kier alpha value is -0.0200. The minimum atomic E-state index is 0. The lowest BCUT2D eigenvalue weighted by atomic mass is 10.5. The summed E-state index contributed by atoms with van der Waals surface area (Å²) in [6.45, 7) is 1.54. The number of thiol groups is 1. The second kappa shape index (κ2) is 5.12. The van der Waals surface area contributed by atoms with E-state index in [4.69, 9.17) is 5.11 Å². The van der Waals surface area contributed by atoms with Gasteiger partial charge >= 0.3 is 0 Å². The first-order chi connectivity index (χ1) is 3.13. The van der Waals surface area contributed by atoms with Gasteiger partial charge in [0.05, 0.1) is 9.96 Å². The van der Waals surface area contributed by atoms with Crippen LogP contribution in [-0.4, -0.2) is 9.30 Å². The largest absolute Gasteiger partial charge is 0.513 e. The second-order valence-electron chi connectivity index (χ2n) is 1.12. The topological polar surface area (TPSA) is 20.2 Å². The molecule has 0 aliphatic heterocycles. The van der Waals surface area contributed by atoms with Crippen molar-refractivity contribution in [3.63, 3.8) is 0 Å². The molecule has 0 saturated carbocycles. The van der Waals surface area contributed by atoms with Crippen LogP contribution < -0.4 is 0 Å². The molecule has 0 unspecified atom stereocenters. The molecule has 0 aromatic heterocycles. The predicted molar refractivity (Wildman–Crippen MR) is 44.7 cm³/mol. The Bertz CT molecular complexity index is 103. The molecule has 3 heteroatoms. The Kier molecular flexibility index (Phi) is 6.96. The van der Waals surface area contributed by atoms with Gasteiger partial charge in [-0.1, -0.05) is 19.6 Å².